The number of H-pyrrole nitrogens is 1. The van der Waals surface area contributed by atoms with E-state index in [4.69, 9.17) is 0 Å². The summed E-state index contributed by atoms with van der Waals surface area (Å²) >= 11 is 0. The molecule has 0 aliphatic heterocycles. The Bertz CT molecular complexity index is 915. The zero-order valence-corrected chi connectivity index (χ0v) is 14.4. The van der Waals surface area contributed by atoms with Crippen LogP contribution in [0.3, 0.4) is 0 Å². The van der Waals surface area contributed by atoms with Gasteiger partial charge in [0, 0.05) is 36.0 Å². The van der Waals surface area contributed by atoms with Crippen molar-refractivity contribution in [2.75, 3.05) is 5.32 Å². The van der Waals surface area contributed by atoms with E-state index in [0.29, 0.717) is 18.1 Å². The molecule has 0 bridgehead atoms. The molecule has 1 aliphatic carbocycles. The van der Waals surface area contributed by atoms with Crippen molar-refractivity contribution < 1.29 is 4.79 Å². The lowest BCUT2D eigenvalue weighted by Gasteiger charge is -2.23. The molecule has 1 atom stereocenters. The van der Waals surface area contributed by atoms with Crippen LogP contribution in [0.5, 0.6) is 0 Å². The fraction of sp³-hybridized carbons (Fsp3) is 0.353. The Kier molecular flexibility index (Phi) is 4.34. The van der Waals surface area contributed by atoms with Crippen molar-refractivity contribution in [3.8, 4) is 11.4 Å². The van der Waals surface area contributed by atoms with Gasteiger partial charge in [-0.2, -0.15) is 5.10 Å². The SMILES string of the molecule is CCn1nnnc1-c1cccc(NC(=O)NC2CCc3cn[nH]c3C2)c1. The van der Waals surface area contributed by atoms with Crippen molar-refractivity contribution in [3.63, 3.8) is 0 Å². The minimum Gasteiger partial charge on any atom is -0.335 e. The summed E-state index contributed by atoms with van der Waals surface area (Å²) in [5.41, 5.74) is 3.90. The van der Waals surface area contributed by atoms with Gasteiger partial charge in [0.25, 0.3) is 0 Å². The van der Waals surface area contributed by atoms with Gasteiger partial charge in [-0.15, -0.1) is 5.10 Å². The Hall–Kier alpha value is -3.23. The fourth-order valence-corrected chi connectivity index (χ4v) is 3.24. The molecule has 0 fully saturated rings. The molecule has 1 aromatic carbocycles. The Balaban J connectivity index is 1.41. The highest BCUT2D eigenvalue weighted by molar-refractivity contribution is 5.90. The van der Waals surface area contributed by atoms with E-state index in [1.54, 1.807) is 4.68 Å². The number of aromatic amines is 1. The monoisotopic (exact) mass is 352 g/mol. The molecule has 1 aliphatic rings. The molecule has 2 amide bonds. The number of aryl methyl sites for hydroxylation is 2. The molecule has 0 saturated carbocycles. The number of carbonyl (C=O) groups is 1. The molecule has 3 aromatic rings. The average molecular weight is 352 g/mol. The summed E-state index contributed by atoms with van der Waals surface area (Å²) in [6.07, 6.45) is 4.46. The van der Waals surface area contributed by atoms with Crippen molar-refractivity contribution in [1.29, 1.82) is 0 Å². The van der Waals surface area contributed by atoms with Crippen LogP contribution >= 0.6 is 0 Å². The highest BCUT2D eigenvalue weighted by atomic mass is 16.2. The van der Waals surface area contributed by atoms with Crippen molar-refractivity contribution in [1.82, 2.24) is 35.7 Å². The van der Waals surface area contributed by atoms with Gasteiger partial charge in [0.2, 0.25) is 0 Å². The largest absolute Gasteiger partial charge is 0.335 e. The minimum absolute atomic E-state index is 0.0959. The second-order valence-corrected chi connectivity index (χ2v) is 6.31. The molecule has 4 rings (SSSR count). The Morgan fingerprint density at radius 2 is 2.35 bits per heavy atom. The Morgan fingerprint density at radius 1 is 1.42 bits per heavy atom. The summed E-state index contributed by atoms with van der Waals surface area (Å²) in [7, 11) is 0. The second kappa shape index (κ2) is 6.95. The third kappa shape index (κ3) is 3.28. The first-order valence-corrected chi connectivity index (χ1v) is 8.68. The van der Waals surface area contributed by atoms with E-state index in [0.717, 1.165) is 30.5 Å². The van der Waals surface area contributed by atoms with Crippen LogP contribution < -0.4 is 10.6 Å². The van der Waals surface area contributed by atoms with Crippen molar-refractivity contribution >= 4 is 11.7 Å². The van der Waals surface area contributed by atoms with Gasteiger partial charge in [0.15, 0.2) is 5.82 Å². The lowest BCUT2D eigenvalue weighted by Crippen LogP contribution is -2.41. The average Bonchev–Trinajstić information content (AvgIpc) is 3.30. The second-order valence-electron chi connectivity index (χ2n) is 6.31. The zero-order chi connectivity index (χ0) is 17.9. The van der Waals surface area contributed by atoms with E-state index in [1.807, 2.05) is 37.4 Å². The number of benzene rings is 1. The number of amides is 2. The van der Waals surface area contributed by atoms with E-state index in [9.17, 15) is 4.79 Å². The van der Waals surface area contributed by atoms with Crippen LogP contribution in [-0.2, 0) is 19.4 Å². The van der Waals surface area contributed by atoms with Gasteiger partial charge in [0.1, 0.15) is 0 Å². The van der Waals surface area contributed by atoms with Crippen LogP contribution in [0.1, 0.15) is 24.6 Å². The fourth-order valence-electron chi connectivity index (χ4n) is 3.24. The first kappa shape index (κ1) is 16.2. The lowest BCUT2D eigenvalue weighted by molar-refractivity contribution is 0.247. The number of fused-ring (bicyclic) bond motifs is 1. The van der Waals surface area contributed by atoms with Gasteiger partial charge in [-0.3, -0.25) is 5.10 Å². The molecule has 26 heavy (non-hydrogen) atoms. The first-order valence-electron chi connectivity index (χ1n) is 8.68. The maximum atomic E-state index is 12.4. The van der Waals surface area contributed by atoms with E-state index < -0.39 is 0 Å². The molecular formula is C17H20N8O. The van der Waals surface area contributed by atoms with Crippen LogP contribution in [-0.4, -0.2) is 42.5 Å². The molecule has 0 radical (unpaired) electrons. The van der Waals surface area contributed by atoms with Crippen LogP contribution in [0.2, 0.25) is 0 Å². The molecule has 9 heteroatoms. The summed E-state index contributed by atoms with van der Waals surface area (Å²) in [6, 6.07) is 7.38. The van der Waals surface area contributed by atoms with Crippen LogP contribution in [0.25, 0.3) is 11.4 Å². The Labute approximate surface area is 150 Å². The number of anilines is 1. The van der Waals surface area contributed by atoms with Gasteiger partial charge in [-0.25, -0.2) is 9.48 Å². The van der Waals surface area contributed by atoms with Crippen LogP contribution in [0.4, 0.5) is 10.5 Å². The standard InChI is InChI=1S/C17H20N8O/c1-2-25-16(22-23-24-25)11-4-3-5-13(8-11)19-17(26)20-14-7-6-12-10-18-21-15(12)9-14/h3-5,8,10,14H,2,6-7,9H2,1H3,(H,18,21)(H2,19,20,26). The normalized spacial score (nSPS) is 16.1. The maximum absolute atomic E-state index is 12.4. The number of tetrazole rings is 1. The highest BCUT2D eigenvalue weighted by Gasteiger charge is 2.21. The number of hydrogen-bond acceptors (Lipinski definition) is 5. The third-order valence-corrected chi connectivity index (χ3v) is 4.57. The van der Waals surface area contributed by atoms with Gasteiger partial charge in [-0.1, -0.05) is 12.1 Å². The van der Waals surface area contributed by atoms with Crippen molar-refractivity contribution in [2.45, 2.75) is 38.8 Å². The summed E-state index contributed by atoms with van der Waals surface area (Å²) in [6.45, 7) is 2.66. The first-order chi connectivity index (χ1) is 12.7. The molecular weight excluding hydrogens is 332 g/mol. The zero-order valence-electron chi connectivity index (χ0n) is 14.4. The number of rotatable bonds is 4. The molecule has 0 spiro atoms. The maximum Gasteiger partial charge on any atom is 0.319 e. The number of aromatic nitrogens is 6. The molecule has 2 heterocycles. The number of hydrogen-bond donors (Lipinski definition) is 3. The topological polar surface area (TPSA) is 113 Å². The van der Waals surface area contributed by atoms with Crippen LogP contribution in [0.15, 0.2) is 30.5 Å². The number of urea groups is 1. The molecule has 3 N–H and O–H groups in total. The number of carbonyl (C=O) groups excluding carboxylic acids is 1. The minimum atomic E-state index is -0.217. The van der Waals surface area contributed by atoms with Gasteiger partial charge >= 0.3 is 6.03 Å². The number of nitrogens with zero attached hydrogens (tertiary/aromatic N) is 5. The third-order valence-electron chi connectivity index (χ3n) is 4.57. The molecule has 134 valence electrons. The van der Waals surface area contributed by atoms with Gasteiger partial charge < -0.3 is 10.6 Å². The molecule has 9 nitrogen and oxygen atoms in total. The number of nitrogens with one attached hydrogen (secondary N) is 3. The smallest absolute Gasteiger partial charge is 0.319 e. The van der Waals surface area contributed by atoms with E-state index in [-0.39, 0.29) is 12.1 Å². The van der Waals surface area contributed by atoms with E-state index >= 15 is 0 Å². The predicted octanol–water partition coefficient (Wildman–Crippen LogP) is 1.76. The van der Waals surface area contributed by atoms with E-state index in [2.05, 4.69) is 36.4 Å². The highest BCUT2D eigenvalue weighted by Crippen LogP contribution is 2.21. The van der Waals surface area contributed by atoms with Crippen molar-refractivity contribution in [2.24, 2.45) is 0 Å². The quantitative estimate of drug-likeness (QED) is 0.662. The molecule has 1 unspecified atom stereocenters. The lowest BCUT2D eigenvalue weighted by atomic mass is 9.94. The van der Waals surface area contributed by atoms with Gasteiger partial charge in [0.05, 0.1) is 6.20 Å². The summed E-state index contributed by atoms with van der Waals surface area (Å²) in [5.74, 6) is 0.676. The molecule has 2 aromatic heterocycles. The summed E-state index contributed by atoms with van der Waals surface area (Å²) < 4.78 is 1.71. The van der Waals surface area contributed by atoms with E-state index in [1.165, 1.54) is 5.56 Å². The van der Waals surface area contributed by atoms with Crippen LogP contribution in [0, 0.1) is 0 Å². The Morgan fingerprint density at radius 3 is 3.23 bits per heavy atom. The summed E-state index contributed by atoms with van der Waals surface area (Å²) in [4.78, 5) is 12.4. The van der Waals surface area contributed by atoms with Gasteiger partial charge in [-0.05, 0) is 47.9 Å². The van der Waals surface area contributed by atoms with Crippen molar-refractivity contribution in [3.05, 3.63) is 41.7 Å². The predicted molar refractivity (Wildman–Crippen MR) is 95.5 cm³/mol. The molecule has 0 saturated heterocycles. The summed E-state index contributed by atoms with van der Waals surface area (Å²) in [5, 5.41) is 24.7.